The molecule has 1 aliphatic heterocycles. The smallest absolute Gasteiger partial charge is 0.259 e. The summed E-state index contributed by atoms with van der Waals surface area (Å²) in [4.78, 5) is 13.8. The number of hydrogen-bond donors (Lipinski definition) is 1. The average molecular weight is 459 g/mol. The van der Waals surface area contributed by atoms with Crippen LogP contribution in [0.2, 0.25) is 0 Å². The summed E-state index contributed by atoms with van der Waals surface area (Å²) in [6, 6.07) is 20.5. The number of nitrogens with one attached hydrogen (secondary N) is 1. The predicted molar refractivity (Wildman–Crippen MR) is 131 cm³/mol. The molecule has 0 amide bonds. The van der Waals surface area contributed by atoms with Crippen molar-refractivity contribution in [2.24, 2.45) is 0 Å². The van der Waals surface area contributed by atoms with Gasteiger partial charge in [0.25, 0.3) is 5.89 Å². The molecule has 0 unspecified atom stereocenters. The molecule has 3 heterocycles. The Kier molecular flexibility index (Phi) is 6.76. The zero-order valence-electron chi connectivity index (χ0n) is 18.9. The van der Waals surface area contributed by atoms with Crippen LogP contribution in [-0.2, 0) is 0 Å². The van der Waals surface area contributed by atoms with Gasteiger partial charge in [0.2, 0.25) is 5.82 Å². The first-order valence-corrected chi connectivity index (χ1v) is 11.6. The fourth-order valence-electron chi connectivity index (χ4n) is 4.10. The quantitative estimate of drug-likeness (QED) is 0.388. The second-order valence-electron chi connectivity index (χ2n) is 8.31. The first-order chi connectivity index (χ1) is 16.7. The molecular formula is C26H27FN6O. The molecule has 0 atom stereocenters. The minimum absolute atomic E-state index is 0.338. The molecule has 0 aliphatic carbocycles. The molecule has 0 saturated carbocycles. The molecule has 1 aliphatic rings. The van der Waals surface area contributed by atoms with Gasteiger partial charge < -0.3 is 14.7 Å². The van der Waals surface area contributed by atoms with E-state index in [9.17, 15) is 4.39 Å². The van der Waals surface area contributed by atoms with E-state index < -0.39 is 0 Å². The van der Waals surface area contributed by atoms with Gasteiger partial charge in [0.1, 0.15) is 11.6 Å². The Hall–Kier alpha value is -3.78. The van der Waals surface area contributed by atoms with Crippen molar-refractivity contribution in [3.05, 3.63) is 78.7 Å². The lowest BCUT2D eigenvalue weighted by molar-refractivity contribution is 0.257. The van der Waals surface area contributed by atoms with Crippen molar-refractivity contribution in [1.29, 1.82) is 0 Å². The van der Waals surface area contributed by atoms with E-state index >= 15 is 0 Å². The largest absolute Gasteiger partial charge is 0.370 e. The molecule has 0 spiro atoms. The van der Waals surface area contributed by atoms with Crippen molar-refractivity contribution in [3.63, 3.8) is 0 Å². The van der Waals surface area contributed by atoms with E-state index in [1.165, 1.54) is 17.8 Å². The number of halogens is 1. The van der Waals surface area contributed by atoms with E-state index in [1.807, 2.05) is 12.1 Å². The Morgan fingerprint density at radius 3 is 2.53 bits per heavy atom. The fraction of sp³-hybridized carbons (Fsp3) is 0.269. The van der Waals surface area contributed by atoms with Gasteiger partial charge in [-0.05, 0) is 49.4 Å². The SMILES string of the molecule is Fc1cccc(-c2noc(-c3ccc(NCCCN4CCN(c5ccccc5)CC4)nc3)n2)c1. The summed E-state index contributed by atoms with van der Waals surface area (Å²) in [7, 11) is 0. The standard InChI is InChI=1S/C26H27FN6O/c27-22-7-4-6-20(18-22)25-30-26(34-31-25)21-10-11-24(29-19-21)28-12-5-13-32-14-16-33(17-15-32)23-8-2-1-3-9-23/h1-4,6-11,18-19H,5,12-17H2,(H,28,29). The van der Waals surface area contributed by atoms with Gasteiger partial charge in [-0.25, -0.2) is 9.37 Å². The van der Waals surface area contributed by atoms with Crippen molar-refractivity contribution in [3.8, 4) is 22.8 Å². The van der Waals surface area contributed by atoms with Gasteiger partial charge >= 0.3 is 0 Å². The first kappa shape index (κ1) is 22.0. The number of aromatic nitrogens is 3. The van der Waals surface area contributed by atoms with Crippen LogP contribution in [0.3, 0.4) is 0 Å². The van der Waals surface area contributed by atoms with Crippen molar-refractivity contribution < 1.29 is 8.91 Å². The highest BCUT2D eigenvalue weighted by atomic mass is 19.1. The Morgan fingerprint density at radius 1 is 0.912 bits per heavy atom. The average Bonchev–Trinajstić information content (AvgIpc) is 3.38. The van der Waals surface area contributed by atoms with Gasteiger partial charge in [0, 0.05) is 50.2 Å². The predicted octanol–water partition coefficient (Wildman–Crippen LogP) is 4.56. The lowest BCUT2D eigenvalue weighted by atomic mass is 10.2. The minimum Gasteiger partial charge on any atom is -0.370 e. The highest BCUT2D eigenvalue weighted by Crippen LogP contribution is 2.23. The summed E-state index contributed by atoms with van der Waals surface area (Å²) in [5.74, 6) is 1.17. The van der Waals surface area contributed by atoms with E-state index in [2.05, 4.69) is 60.6 Å². The monoisotopic (exact) mass is 458 g/mol. The molecule has 34 heavy (non-hydrogen) atoms. The van der Waals surface area contributed by atoms with E-state index in [0.717, 1.165) is 57.1 Å². The maximum absolute atomic E-state index is 13.4. The molecule has 7 nitrogen and oxygen atoms in total. The first-order valence-electron chi connectivity index (χ1n) is 11.6. The number of para-hydroxylation sites is 1. The molecule has 1 saturated heterocycles. The topological polar surface area (TPSA) is 70.3 Å². The lowest BCUT2D eigenvalue weighted by Crippen LogP contribution is -2.46. The Labute approximate surface area is 198 Å². The second kappa shape index (κ2) is 10.4. The number of hydrogen-bond acceptors (Lipinski definition) is 7. The molecule has 2 aromatic heterocycles. The van der Waals surface area contributed by atoms with Crippen LogP contribution in [0.5, 0.6) is 0 Å². The van der Waals surface area contributed by atoms with E-state index in [4.69, 9.17) is 4.52 Å². The van der Waals surface area contributed by atoms with Gasteiger partial charge in [0.05, 0.1) is 5.56 Å². The molecule has 1 fully saturated rings. The Morgan fingerprint density at radius 2 is 1.76 bits per heavy atom. The van der Waals surface area contributed by atoms with Crippen LogP contribution in [0, 0.1) is 5.82 Å². The van der Waals surface area contributed by atoms with Crippen molar-refractivity contribution in [2.45, 2.75) is 6.42 Å². The van der Waals surface area contributed by atoms with Crippen LogP contribution in [0.1, 0.15) is 6.42 Å². The van der Waals surface area contributed by atoms with Crippen LogP contribution in [0.25, 0.3) is 22.8 Å². The maximum Gasteiger partial charge on any atom is 0.259 e. The van der Waals surface area contributed by atoms with E-state index in [-0.39, 0.29) is 5.82 Å². The Balaban J connectivity index is 1.06. The maximum atomic E-state index is 13.4. The van der Waals surface area contributed by atoms with Gasteiger partial charge in [0.15, 0.2) is 0 Å². The third-order valence-corrected chi connectivity index (χ3v) is 5.97. The van der Waals surface area contributed by atoms with Crippen LogP contribution >= 0.6 is 0 Å². The van der Waals surface area contributed by atoms with Crippen LogP contribution in [-0.4, -0.2) is 59.3 Å². The third kappa shape index (κ3) is 5.40. The lowest BCUT2D eigenvalue weighted by Gasteiger charge is -2.36. The van der Waals surface area contributed by atoms with Crippen molar-refractivity contribution in [2.75, 3.05) is 49.5 Å². The molecule has 0 radical (unpaired) electrons. The summed E-state index contributed by atoms with van der Waals surface area (Å²) in [6.45, 7) is 6.23. The van der Waals surface area contributed by atoms with Crippen LogP contribution in [0.4, 0.5) is 15.9 Å². The third-order valence-electron chi connectivity index (χ3n) is 5.97. The zero-order chi connectivity index (χ0) is 23.2. The molecule has 5 rings (SSSR count). The molecule has 1 N–H and O–H groups in total. The number of piperazine rings is 1. The fourth-order valence-corrected chi connectivity index (χ4v) is 4.10. The number of anilines is 2. The van der Waals surface area contributed by atoms with E-state index in [1.54, 1.807) is 18.3 Å². The molecule has 8 heteroatoms. The van der Waals surface area contributed by atoms with Crippen molar-refractivity contribution >= 4 is 11.5 Å². The number of nitrogens with zero attached hydrogens (tertiary/aromatic N) is 5. The highest BCUT2D eigenvalue weighted by Gasteiger charge is 2.16. The molecule has 174 valence electrons. The summed E-state index contributed by atoms with van der Waals surface area (Å²) in [5, 5.41) is 7.33. The van der Waals surface area contributed by atoms with Gasteiger partial charge in [-0.15, -0.1) is 0 Å². The van der Waals surface area contributed by atoms with Crippen LogP contribution < -0.4 is 10.2 Å². The summed E-state index contributed by atoms with van der Waals surface area (Å²) in [6.07, 6.45) is 2.75. The number of rotatable bonds is 8. The Bertz CT molecular complexity index is 1190. The molecular weight excluding hydrogens is 431 g/mol. The van der Waals surface area contributed by atoms with E-state index in [0.29, 0.717) is 17.3 Å². The van der Waals surface area contributed by atoms with Crippen LogP contribution in [0.15, 0.2) is 77.4 Å². The molecule has 0 bridgehead atoms. The van der Waals surface area contributed by atoms with Crippen molar-refractivity contribution in [1.82, 2.24) is 20.0 Å². The highest BCUT2D eigenvalue weighted by molar-refractivity contribution is 5.60. The second-order valence-corrected chi connectivity index (χ2v) is 8.31. The minimum atomic E-state index is -0.338. The summed E-state index contributed by atoms with van der Waals surface area (Å²) >= 11 is 0. The molecule has 4 aromatic rings. The molecule has 2 aromatic carbocycles. The number of benzene rings is 2. The zero-order valence-corrected chi connectivity index (χ0v) is 18.9. The van der Waals surface area contributed by atoms with Gasteiger partial charge in [-0.3, -0.25) is 4.90 Å². The number of pyridine rings is 1. The summed E-state index contributed by atoms with van der Waals surface area (Å²) in [5.41, 5.74) is 2.60. The normalized spacial score (nSPS) is 14.3. The van der Waals surface area contributed by atoms with Gasteiger partial charge in [-0.2, -0.15) is 4.98 Å². The summed E-state index contributed by atoms with van der Waals surface area (Å²) < 4.78 is 18.8. The van der Waals surface area contributed by atoms with Gasteiger partial charge in [-0.1, -0.05) is 35.5 Å².